The highest BCUT2D eigenvalue weighted by molar-refractivity contribution is 5.90. The molecule has 3 aromatic heterocycles. The van der Waals surface area contributed by atoms with Gasteiger partial charge in [0, 0.05) is 17.8 Å². The summed E-state index contributed by atoms with van der Waals surface area (Å²) in [6, 6.07) is 11.0. The van der Waals surface area contributed by atoms with E-state index in [4.69, 9.17) is 4.74 Å². The lowest BCUT2D eigenvalue weighted by Gasteiger charge is -2.07. The zero-order chi connectivity index (χ0) is 21.3. The van der Waals surface area contributed by atoms with Crippen molar-refractivity contribution in [2.75, 3.05) is 12.4 Å². The number of nitrogens with one attached hydrogen (secondary N) is 1. The number of amides is 1. The Morgan fingerprint density at radius 2 is 1.80 bits per heavy atom. The first-order chi connectivity index (χ1) is 14.5. The SMILES string of the molecule is COc1ccc(NC(=O)CCc2c(C)nn(-c3ccc4nnc(C)n4n3)c2C)cc1. The number of nitrogens with zero attached hydrogens (tertiary/aromatic N) is 6. The monoisotopic (exact) mass is 405 g/mol. The van der Waals surface area contributed by atoms with Gasteiger partial charge in [0.05, 0.1) is 12.8 Å². The van der Waals surface area contributed by atoms with Gasteiger partial charge in [-0.3, -0.25) is 4.79 Å². The summed E-state index contributed by atoms with van der Waals surface area (Å²) >= 11 is 0. The zero-order valence-electron chi connectivity index (χ0n) is 17.4. The Kier molecular flexibility index (Phi) is 5.18. The molecule has 4 aromatic rings. The number of fused-ring (bicyclic) bond motifs is 1. The van der Waals surface area contributed by atoms with E-state index < -0.39 is 0 Å². The predicted octanol–water partition coefficient (Wildman–Crippen LogP) is 2.82. The minimum atomic E-state index is -0.0497. The second-order valence-electron chi connectivity index (χ2n) is 7.05. The van der Waals surface area contributed by atoms with Crippen LogP contribution in [0.4, 0.5) is 5.69 Å². The summed E-state index contributed by atoms with van der Waals surface area (Å²) in [5.74, 6) is 2.09. The molecule has 0 fully saturated rings. The van der Waals surface area contributed by atoms with Gasteiger partial charge in [-0.2, -0.15) is 9.61 Å². The highest BCUT2D eigenvalue weighted by atomic mass is 16.5. The van der Waals surface area contributed by atoms with Crippen molar-refractivity contribution >= 4 is 17.2 Å². The first-order valence-corrected chi connectivity index (χ1v) is 9.64. The highest BCUT2D eigenvalue weighted by Crippen LogP contribution is 2.20. The normalized spacial score (nSPS) is 11.1. The molecule has 4 rings (SSSR count). The second-order valence-corrected chi connectivity index (χ2v) is 7.05. The summed E-state index contributed by atoms with van der Waals surface area (Å²) in [6.07, 6.45) is 0.948. The van der Waals surface area contributed by atoms with Gasteiger partial charge in [-0.15, -0.1) is 15.3 Å². The number of anilines is 1. The first-order valence-electron chi connectivity index (χ1n) is 9.64. The maximum Gasteiger partial charge on any atom is 0.224 e. The van der Waals surface area contributed by atoms with E-state index >= 15 is 0 Å². The predicted molar refractivity (Wildman–Crippen MR) is 112 cm³/mol. The number of hydrogen-bond acceptors (Lipinski definition) is 6. The number of methoxy groups -OCH3 is 1. The van der Waals surface area contributed by atoms with Crippen LogP contribution >= 0.6 is 0 Å². The third-order valence-corrected chi connectivity index (χ3v) is 5.04. The lowest BCUT2D eigenvalue weighted by Crippen LogP contribution is -2.12. The van der Waals surface area contributed by atoms with Crippen LogP contribution in [0, 0.1) is 20.8 Å². The molecule has 154 valence electrons. The number of hydrogen-bond donors (Lipinski definition) is 1. The summed E-state index contributed by atoms with van der Waals surface area (Å²) < 4.78 is 8.62. The minimum absolute atomic E-state index is 0.0497. The number of carbonyl (C=O) groups is 1. The molecule has 0 unspecified atom stereocenters. The Morgan fingerprint density at radius 1 is 1.03 bits per heavy atom. The molecule has 1 amide bonds. The van der Waals surface area contributed by atoms with Crippen molar-refractivity contribution in [1.82, 2.24) is 29.6 Å². The van der Waals surface area contributed by atoms with Crippen molar-refractivity contribution in [3.63, 3.8) is 0 Å². The molecule has 0 bridgehead atoms. The summed E-state index contributed by atoms with van der Waals surface area (Å²) in [5.41, 5.74) is 4.32. The molecular weight excluding hydrogens is 382 g/mol. The number of carbonyl (C=O) groups excluding carboxylic acids is 1. The van der Waals surface area contributed by atoms with E-state index in [-0.39, 0.29) is 5.91 Å². The van der Waals surface area contributed by atoms with Crippen LogP contribution in [0.25, 0.3) is 11.5 Å². The smallest absolute Gasteiger partial charge is 0.224 e. The molecule has 0 aliphatic heterocycles. The van der Waals surface area contributed by atoms with Crippen molar-refractivity contribution in [3.05, 3.63) is 59.2 Å². The fourth-order valence-electron chi connectivity index (χ4n) is 3.40. The van der Waals surface area contributed by atoms with Gasteiger partial charge in [0.25, 0.3) is 0 Å². The molecule has 9 heteroatoms. The molecule has 30 heavy (non-hydrogen) atoms. The van der Waals surface area contributed by atoms with Gasteiger partial charge in [-0.05, 0) is 69.2 Å². The molecule has 9 nitrogen and oxygen atoms in total. The Morgan fingerprint density at radius 3 is 2.53 bits per heavy atom. The van der Waals surface area contributed by atoms with Crippen molar-refractivity contribution < 1.29 is 9.53 Å². The molecule has 0 aliphatic rings. The third-order valence-electron chi connectivity index (χ3n) is 5.04. The third kappa shape index (κ3) is 3.73. The second kappa shape index (κ2) is 7.94. The lowest BCUT2D eigenvalue weighted by molar-refractivity contribution is -0.116. The van der Waals surface area contributed by atoms with Crippen LogP contribution in [-0.2, 0) is 11.2 Å². The number of ether oxygens (including phenoxy) is 1. The number of benzene rings is 1. The average molecular weight is 405 g/mol. The van der Waals surface area contributed by atoms with Crippen molar-refractivity contribution in [3.8, 4) is 11.6 Å². The minimum Gasteiger partial charge on any atom is -0.497 e. The van der Waals surface area contributed by atoms with Gasteiger partial charge in [0.15, 0.2) is 17.3 Å². The largest absolute Gasteiger partial charge is 0.497 e. The Hall–Kier alpha value is -3.75. The highest BCUT2D eigenvalue weighted by Gasteiger charge is 2.16. The lowest BCUT2D eigenvalue weighted by atomic mass is 10.1. The molecule has 0 spiro atoms. The van der Waals surface area contributed by atoms with E-state index in [0.717, 1.165) is 28.4 Å². The number of aryl methyl sites for hydroxylation is 2. The Labute approximate surface area is 173 Å². The van der Waals surface area contributed by atoms with Gasteiger partial charge in [0.2, 0.25) is 5.91 Å². The number of aromatic nitrogens is 6. The summed E-state index contributed by atoms with van der Waals surface area (Å²) in [6.45, 7) is 5.79. The first kappa shape index (κ1) is 19.6. The van der Waals surface area contributed by atoms with Crippen LogP contribution in [0.3, 0.4) is 0 Å². The molecular formula is C21H23N7O2. The van der Waals surface area contributed by atoms with Gasteiger partial charge in [-0.25, -0.2) is 4.68 Å². The van der Waals surface area contributed by atoms with Crippen LogP contribution < -0.4 is 10.1 Å². The van der Waals surface area contributed by atoms with Crippen LogP contribution in [0.1, 0.15) is 29.2 Å². The standard InChI is InChI=1S/C21H23N7O2/c1-13-18(9-12-21(29)22-16-5-7-17(30-4)8-6-16)14(2)27(25-13)20-11-10-19-24-23-15(3)28(19)26-20/h5-8,10-11H,9,12H2,1-4H3,(H,22,29). The maximum absolute atomic E-state index is 12.4. The van der Waals surface area contributed by atoms with E-state index in [1.54, 1.807) is 16.3 Å². The average Bonchev–Trinajstić information content (AvgIpc) is 3.26. The van der Waals surface area contributed by atoms with Gasteiger partial charge >= 0.3 is 0 Å². The molecule has 1 aromatic carbocycles. The van der Waals surface area contributed by atoms with E-state index in [1.807, 2.05) is 57.2 Å². The van der Waals surface area contributed by atoms with E-state index in [0.29, 0.717) is 30.1 Å². The molecule has 3 heterocycles. The quantitative estimate of drug-likeness (QED) is 0.530. The van der Waals surface area contributed by atoms with Crippen molar-refractivity contribution in [1.29, 1.82) is 0 Å². The van der Waals surface area contributed by atoms with Crippen LogP contribution in [0.5, 0.6) is 5.75 Å². The van der Waals surface area contributed by atoms with Gasteiger partial charge in [-0.1, -0.05) is 0 Å². The van der Waals surface area contributed by atoms with Crippen LogP contribution in [0.15, 0.2) is 36.4 Å². The van der Waals surface area contributed by atoms with E-state index in [2.05, 4.69) is 25.7 Å². The maximum atomic E-state index is 12.4. The fraction of sp³-hybridized carbons (Fsp3) is 0.286. The van der Waals surface area contributed by atoms with Gasteiger partial charge < -0.3 is 10.1 Å². The number of rotatable bonds is 6. The zero-order valence-corrected chi connectivity index (χ0v) is 17.4. The molecule has 0 atom stereocenters. The van der Waals surface area contributed by atoms with Crippen molar-refractivity contribution in [2.45, 2.75) is 33.6 Å². The van der Waals surface area contributed by atoms with Gasteiger partial charge in [0.1, 0.15) is 5.75 Å². The summed E-state index contributed by atoms with van der Waals surface area (Å²) in [4.78, 5) is 12.4. The van der Waals surface area contributed by atoms with Crippen LogP contribution in [0.2, 0.25) is 0 Å². The van der Waals surface area contributed by atoms with E-state index in [9.17, 15) is 4.79 Å². The molecule has 0 saturated carbocycles. The van der Waals surface area contributed by atoms with Crippen molar-refractivity contribution in [2.24, 2.45) is 0 Å². The van der Waals surface area contributed by atoms with E-state index in [1.165, 1.54) is 0 Å². The molecule has 0 saturated heterocycles. The Bertz CT molecular complexity index is 1210. The summed E-state index contributed by atoms with van der Waals surface area (Å²) in [5, 5.41) is 20.2. The molecule has 0 aliphatic carbocycles. The van der Waals surface area contributed by atoms with Crippen LogP contribution in [-0.4, -0.2) is 42.6 Å². The Balaban J connectivity index is 1.48. The summed E-state index contributed by atoms with van der Waals surface area (Å²) in [7, 11) is 1.61. The topological polar surface area (TPSA) is 99.2 Å². The molecule has 0 radical (unpaired) electrons. The molecule has 1 N–H and O–H groups in total. The fourth-order valence-corrected chi connectivity index (χ4v) is 3.40.